The fourth-order valence-corrected chi connectivity index (χ4v) is 1.23. The Hall–Kier alpha value is -1.31. The number of esters is 1. The lowest BCUT2D eigenvalue weighted by Gasteiger charge is -2.01. The third-order valence-corrected chi connectivity index (χ3v) is 1.81. The lowest BCUT2D eigenvalue weighted by molar-refractivity contribution is -0.138. The van der Waals surface area contributed by atoms with Gasteiger partial charge in [0.2, 0.25) is 0 Å². The van der Waals surface area contributed by atoms with Crippen LogP contribution in [0.15, 0.2) is 36.0 Å². The maximum Gasteiger partial charge on any atom is 0.339 e. The van der Waals surface area contributed by atoms with E-state index in [1.54, 1.807) is 12.2 Å². The van der Waals surface area contributed by atoms with E-state index in [0.29, 0.717) is 5.57 Å². The maximum atomic E-state index is 11.2. The SMILES string of the molecule is C=CC1=C(/C=C\C)C(=O)OC1C.CC. The maximum absolute atomic E-state index is 11.2. The minimum atomic E-state index is -0.254. The molecule has 0 aromatic rings. The van der Waals surface area contributed by atoms with Crippen molar-refractivity contribution in [3.8, 4) is 0 Å². The molecule has 1 heterocycles. The molecule has 0 N–H and O–H groups in total. The van der Waals surface area contributed by atoms with Crippen LogP contribution in [0.4, 0.5) is 0 Å². The van der Waals surface area contributed by atoms with Crippen molar-refractivity contribution >= 4 is 5.97 Å². The van der Waals surface area contributed by atoms with Crippen LogP contribution in [0.3, 0.4) is 0 Å². The molecule has 0 radical (unpaired) electrons. The van der Waals surface area contributed by atoms with Gasteiger partial charge in [-0.2, -0.15) is 0 Å². The largest absolute Gasteiger partial charge is 0.454 e. The van der Waals surface area contributed by atoms with Gasteiger partial charge in [-0.25, -0.2) is 4.79 Å². The van der Waals surface area contributed by atoms with Gasteiger partial charge >= 0.3 is 5.97 Å². The highest BCUT2D eigenvalue weighted by Gasteiger charge is 2.26. The van der Waals surface area contributed by atoms with Crippen molar-refractivity contribution in [3.05, 3.63) is 36.0 Å². The highest BCUT2D eigenvalue weighted by atomic mass is 16.5. The first-order chi connectivity index (χ1) is 6.70. The van der Waals surface area contributed by atoms with Gasteiger partial charge in [0, 0.05) is 5.57 Å². The molecule has 2 heteroatoms. The Morgan fingerprint density at radius 2 is 2.00 bits per heavy atom. The van der Waals surface area contributed by atoms with Crippen molar-refractivity contribution in [3.63, 3.8) is 0 Å². The standard InChI is InChI=1S/C10H12O2.C2H6/c1-4-6-9-8(5-2)7(3)12-10(9)11;1-2/h4-7H,2H2,1,3H3;1-2H3/b6-4-;. The zero-order valence-corrected chi connectivity index (χ0v) is 9.33. The van der Waals surface area contributed by atoms with Crippen LogP contribution in [-0.2, 0) is 9.53 Å². The Morgan fingerprint density at radius 3 is 2.43 bits per heavy atom. The summed E-state index contributed by atoms with van der Waals surface area (Å²) in [4.78, 5) is 11.2. The fraction of sp³-hybridized carbons (Fsp3) is 0.417. The van der Waals surface area contributed by atoms with Crippen molar-refractivity contribution < 1.29 is 9.53 Å². The number of carbonyl (C=O) groups is 1. The van der Waals surface area contributed by atoms with E-state index >= 15 is 0 Å². The number of carbonyl (C=O) groups excluding carboxylic acids is 1. The Morgan fingerprint density at radius 1 is 1.43 bits per heavy atom. The number of allylic oxidation sites excluding steroid dienone is 1. The third kappa shape index (κ3) is 2.59. The first-order valence-corrected chi connectivity index (χ1v) is 4.91. The van der Waals surface area contributed by atoms with Crippen LogP contribution in [-0.4, -0.2) is 12.1 Å². The molecule has 0 saturated heterocycles. The van der Waals surface area contributed by atoms with Crippen molar-refractivity contribution in [1.29, 1.82) is 0 Å². The second-order valence-electron chi connectivity index (χ2n) is 2.62. The Balaban J connectivity index is 0.000000791. The van der Waals surface area contributed by atoms with Crippen LogP contribution in [0, 0.1) is 0 Å². The van der Waals surface area contributed by atoms with E-state index in [2.05, 4.69) is 6.58 Å². The Bertz CT molecular complexity index is 272. The number of hydrogen-bond donors (Lipinski definition) is 0. The quantitative estimate of drug-likeness (QED) is 0.632. The molecule has 0 amide bonds. The van der Waals surface area contributed by atoms with Gasteiger partial charge in [-0.15, -0.1) is 0 Å². The fourth-order valence-electron chi connectivity index (χ4n) is 1.23. The Kier molecular flexibility index (Phi) is 5.61. The highest BCUT2D eigenvalue weighted by molar-refractivity contribution is 5.95. The zero-order valence-electron chi connectivity index (χ0n) is 9.33. The van der Waals surface area contributed by atoms with Crippen LogP contribution in [0.5, 0.6) is 0 Å². The summed E-state index contributed by atoms with van der Waals surface area (Å²) in [6.45, 7) is 11.3. The molecule has 1 unspecified atom stereocenters. The summed E-state index contributed by atoms with van der Waals surface area (Å²) >= 11 is 0. The molecule has 1 atom stereocenters. The van der Waals surface area contributed by atoms with Crippen molar-refractivity contribution in [1.82, 2.24) is 0 Å². The number of rotatable bonds is 2. The Labute approximate surface area is 86.0 Å². The van der Waals surface area contributed by atoms with Gasteiger partial charge in [-0.05, 0) is 13.8 Å². The first-order valence-electron chi connectivity index (χ1n) is 4.91. The number of hydrogen-bond acceptors (Lipinski definition) is 2. The van der Waals surface area contributed by atoms with Crippen molar-refractivity contribution in [2.75, 3.05) is 0 Å². The highest BCUT2D eigenvalue weighted by Crippen LogP contribution is 2.23. The van der Waals surface area contributed by atoms with E-state index < -0.39 is 0 Å². The molecule has 0 spiro atoms. The minimum absolute atomic E-state index is 0.152. The van der Waals surface area contributed by atoms with Gasteiger partial charge < -0.3 is 4.74 Å². The molecule has 0 fully saturated rings. The van der Waals surface area contributed by atoms with E-state index in [4.69, 9.17) is 4.74 Å². The summed E-state index contributed by atoms with van der Waals surface area (Å²) in [5.41, 5.74) is 1.50. The topological polar surface area (TPSA) is 26.3 Å². The van der Waals surface area contributed by atoms with Crippen molar-refractivity contribution in [2.45, 2.75) is 33.8 Å². The predicted octanol–water partition coefficient (Wildman–Crippen LogP) is 3.02. The van der Waals surface area contributed by atoms with Gasteiger partial charge in [-0.3, -0.25) is 0 Å². The predicted molar refractivity (Wildman–Crippen MR) is 58.9 cm³/mol. The molecule has 0 aliphatic carbocycles. The molecule has 0 bridgehead atoms. The molecule has 14 heavy (non-hydrogen) atoms. The smallest absolute Gasteiger partial charge is 0.339 e. The van der Waals surface area contributed by atoms with Gasteiger partial charge in [0.05, 0.1) is 5.57 Å². The summed E-state index contributed by atoms with van der Waals surface area (Å²) in [6, 6.07) is 0. The first kappa shape index (κ1) is 12.7. The molecule has 0 aromatic heterocycles. The van der Waals surface area contributed by atoms with Crippen LogP contribution in [0.25, 0.3) is 0 Å². The van der Waals surface area contributed by atoms with E-state index in [0.717, 1.165) is 5.57 Å². The van der Waals surface area contributed by atoms with Crippen molar-refractivity contribution in [2.24, 2.45) is 0 Å². The summed E-state index contributed by atoms with van der Waals surface area (Å²) < 4.78 is 4.99. The lowest BCUT2D eigenvalue weighted by Crippen LogP contribution is -2.04. The van der Waals surface area contributed by atoms with Gasteiger partial charge in [0.25, 0.3) is 0 Å². The number of ether oxygens (including phenoxy) is 1. The molecular weight excluding hydrogens is 176 g/mol. The summed E-state index contributed by atoms with van der Waals surface area (Å²) in [6.07, 6.45) is 5.09. The average molecular weight is 194 g/mol. The molecule has 1 rings (SSSR count). The van der Waals surface area contributed by atoms with Crippen LogP contribution in [0.2, 0.25) is 0 Å². The number of cyclic esters (lactones) is 1. The average Bonchev–Trinajstić information content (AvgIpc) is 2.45. The normalized spacial score (nSPS) is 20.6. The minimum Gasteiger partial charge on any atom is -0.454 e. The summed E-state index contributed by atoms with van der Waals surface area (Å²) in [7, 11) is 0. The third-order valence-electron chi connectivity index (χ3n) is 1.81. The zero-order chi connectivity index (χ0) is 11.1. The molecule has 78 valence electrons. The molecule has 0 saturated carbocycles. The van der Waals surface area contributed by atoms with E-state index in [1.807, 2.05) is 33.8 Å². The van der Waals surface area contributed by atoms with Crippen LogP contribution < -0.4 is 0 Å². The van der Waals surface area contributed by atoms with Crippen LogP contribution in [0.1, 0.15) is 27.7 Å². The van der Waals surface area contributed by atoms with E-state index in [9.17, 15) is 4.79 Å². The summed E-state index contributed by atoms with van der Waals surface area (Å²) in [5.74, 6) is -0.254. The summed E-state index contributed by atoms with van der Waals surface area (Å²) in [5, 5.41) is 0. The van der Waals surface area contributed by atoms with Gasteiger partial charge in [0.15, 0.2) is 0 Å². The second kappa shape index (κ2) is 6.19. The van der Waals surface area contributed by atoms with E-state index in [-0.39, 0.29) is 12.1 Å². The van der Waals surface area contributed by atoms with E-state index in [1.165, 1.54) is 0 Å². The van der Waals surface area contributed by atoms with Gasteiger partial charge in [-0.1, -0.05) is 38.7 Å². The molecule has 2 nitrogen and oxygen atoms in total. The van der Waals surface area contributed by atoms with Gasteiger partial charge in [0.1, 0.15) is 6.10 Å². The lowest BCUT2D eigenvalue weighted by atomic mass is 10.1. The molecule has 1 aliphatic heterocycles. The molecule has 0 aromatic carbocycles. The second-order valence-corrected chi connectivity index (χ2v) is 2.62. The monoisotopic (exact) mass is 194 g/mol. The molecule has 1 aliphatic rings. The van der Waals surface area contributed by atoms with Crippen LogP contribution >= 0.6 is 0 Å². The molecular formula is C12H18O2.